The Morgan fingerprint density at radius 2 is 1.67 bits per heavy atom. The van der Waals surface area contributed by atoms with Crippen LogP contribution in [0.15, 0.2) is 85.1 Å². The molecule has 13 heteroatoms. The molecular weight excluding hydrogens is 664 g/mol. The van der Waals surface area contributed by atoms with Gasteiger partial charge in [0.15, 0.2) is 0 Å². The maximum Gasteiger partial charge on any atom is 0.246 e. The normalized spacial score (nSPS) is 23.2. The molecule has 3 heterocycles. The van der Waals surface area contributed by atoms with E-state index >= 15 is 0 Å². The molecule has 0 unspecified atom stereocenters. The van der Waals surface area contributed by atoms with E-state index in [9.17, 15) is 29.1 Å². The highest BCUT2D eigenvalue weighted by atomic mass is 16.5. The molecule has 6 rings (SSSR count). The van der Waals surface area contributed by atoms with Crippen molar-refractivity contribution in [2.24, 2.45) is 0 Å². The van der Waals surface area contributed by atoms with Crippen molar-refractivity contribution >= 4 is 40.4 Å². The summed E-state index contributed by atoms with van der Waals surface area (Å²) in [4.78, 5) is 75.4. The van der Waals surface area contributed by atoms with Crippen molar-refractivity contribution in [1.82, 2.24) is 30.7 Å². The molecule has 5 atom stereocenters. The highest BCUT2D eigenvalue weighted by Crippen LogP contribution is 2.24. The van der Waals surface area contributed by atoms with Gasteiger partial charge in [-0.25, -0.2) is 0 Å². The van der Waals surface area contributed by atoms with Crippen LogP contribution in [0.1, 0.15) is 42.5 Å². The number of aliphatic hydroxyl groups excluding tert-OH is 1. The molecule has 0 spiro atoms. The van der Waals surface area contributed by atoms with Gasteiger partial charge in [-0.2, -0.15) is 0 Å². The van der Waals surface area contributed by atoms with Crippen molar-refractivity contribution in [3.8, 4) is 5.75 Å². The van der Waals surface area contributed by atoms with Gasteiger partial charge in [-0.3, -0.25) is 24.0 Å². The molecule has 5 N–H and O–H groups in total. The number of para-hydroxylation sites is 1. The first-order valence-corrected chi connectivity index (χ1v) is 17.5. The van der Waals surface area contributed by atoms with E-state index in [2.05, 4.69) is 20.9 Å². The van der Waals surface area contributed by atoms with Crippen molar-refractivity contribution in [1.29, 1.82) is 0 Å². The third kappa shape index (κ3) is 8.43. The Balaban J connectivity index is 1.35. The van der Waals surface area contributed by atoms with Gasteiger partial charge in [-0.05, 0) is 48.2 Å². The predicted molar refractivity (Wildman–Crippen MR) is 193 cm³/mol. The first-order valence-electron chi connectivity index (χ1n) is 17.5. The molecule has 4 aromatic rings. The Hall–Kier alpha value is -5.69. The number of nitrogens with zero attached hydrogens (tertiary/aromatic N) is 2. The van der Waals surface area contributed by atoms with Crippen molar-refractivity contribution < 1.29 is 33.8 Å². The number of aryl methyl sites for hydroxylation is 1. The summed E-state index contributed by atoms with van der Waals surface area (Å²) in [7, 11) is 1.57. The number of ether oxygens (including phenoxy) is 1. The molecule has 0 radical (unpaired) electrons. The van der Waals surface area contributed by atoms with Gasteiger partial charge in [-0.15, -0.1) is 0 Å². The summed E-state index contributed by atoms with van der Waals surface area (Å²) >= 11 is 0. The summed E-state index contributed by atoms with van der Waals surface area (Å²) in [5, 5.41) is 20.1. The number of carbonyl (C=O) groups is 5. The number of nitrogens with one attached hydrogen (secondary N) is 4. The maximum absolute atomic E-state index is 14.3. The molecule has 0 saturated carbocycles. The average molecular weight is 709 g/mol. The zero-order valence-electron chi connectivity index (χ0n) is 29.2. The molecule has 2 aliphatic heterocycles. The third-order valence-electron chi connectivity index (χ3n) is 9.72. The number of hydrogen-bond donors (Lipinski definition) is 5. The first-order chi connectivity index (χ1) is 25.1. The Kier molecular flexibility index (Phi) is 11.2. The van der Waals surface area contributed by atoms with E-state index in [0.717, 1.165) is 22.0 Å². The lowest BCUT2D eigenvalue weighted by Gasteiger charge is -2.30. The molecule has 2 aliphatic rings. The van der Waals surface area contributed by atoms with E-state index in [1.54, 1.807) is 13.3 Å². The number of H-pyrrole nitrogens is 1. The third-order valence-corrected chi connectivity index (χ3v) is 9.72. The van der Waals surface area contributed by atoms with Gasteiger partial charge in [0, 0.05) is 49.5 Å². The largest absolute Gasteiger partial charge is 0.497 e. The minimum atomic E-state index is -1.13. The summed E-state index contributed by atoms with van der Waals surface area (Å²) in [5.41, 5.74) is 3.20. The topological polar surface area (TPSA) is 173 Å². The fourth-order valence-corrected chi connectivity index (χ4v) is 6.94. The van der Waals surface area contributed by atoms with E-state index < -0.39 is 60.4 Å². The zero-order chi connectivity index (χ0) is 36.8. The predicted octanol–water partition coefficient (Wildman–Crippen LogP) is 2.00. The molecule has 13 nitrogen and oxygen atoms in total. The standard InChI is InChI=1S/C39H44N6O7/c1-24-37(49)43-33(26-10-4-3-5-11-26)22-44(36(48)16-15-25-9-8-12-29(17-25)52-2)23-35(47)42-32(18-27-20-40-31-14-7-6-13-30(27)31)39(51)45-21-28(46)19-34(45)38(50)41-24/h3-14,17,20,24,28,32-34,40,46H,15-16,18-19,21-23H2,1-2H3,(H,41,50)(H,42,47)(H,43,49)/t24-,28+,32+,33-,34-/m0/s1. The second-order valence-corrected chi connectivity index (χ2v) is 13.4. The van der Waals surface area contributed by atoms with Crippen LogP contribution in [0.3, 0.4) is 0 Å². The second kappa shape index (κ2) is 16.1. The van der Waals surface area contributed by atoms with E-state index in [1.807, 2.05) is 78.9 Å². The number of methoxy groups -OCH3 is 1. The van der Waals surface area contributed by atoms with E-state index in [0.29, 0.717) is 17.7 Å². The Labute approximate surface area is 301 Å². The second-order valence-electron chi connectivity index (χ2n) is 13.4. The molecule has 52 heavy (non-hydrogen) atoms. The number of aromatic nitrogens is 1. The molecule has 5 amide bonds. The number of carbonyl (C=O) groups excluding carboxylic acids is 5. The van der Waals surface area contributed by atoms with Crippen LogP contribution in [-0.2, 0) is 36.8 Å². The maximum atomic E-state index is 14.3. The van der Waals surface area contributed by atoms with Crippen LogP contribution in [0.2, 0.25) is 0 Å². The SMILES string of the molecule is COc1cccc(CCC(=O)N2CC(=O)N[C@H](Cc3c[nH]c4ccccc34)C(=O)N3C[C@H](O)C[C@H]3C(=O)N[C@@H](C)C(=O)N[C@H](c3ccccc3)C2)c1. The molecular formula is C39H44N6O7. The lowest BCUT2D eigenvalue weighted by Crippen LogP contribution is -2.56. The number of hydrogen-bond acceptors (Lipinski definition) is 7. The van der Waals surface area contributed by atoms with Crippen molar-refractivity contribution in [3.63, 3.8) is 0 Å². The quantitative estimate of drug-likeness (QED) is 0.195. The van der Waals surface area contributed by atoms with Gasteiger partial charge in [0.1, 0.15) is 23.9 Å². The smallest absolute Gasteiger partial charge is 0.246 e. The lowest BCUT2D eigenvalue weighted by molar-refractivity contribution is -0.142. The van der Waals surface area contributed by atoms with Crippen LogP contribution >= 0.6 is 0 Å². The fourth-order valence-electron chi connectivity index (χ4n) is 6.94. The van der Waals surface area contributed by atoms with Crippen LogP contribution in [-0.4, -0.2) is 100 Å². The van der Waals surface area contributed by atoms with Gasteiger partial charge >= 0.3 is 0 Å². The van der Waals surface area contributed by atoms with Crippen LogP contribution in [0.25, 0.3) is 10.9 Å². The molecule has 2 saturated heterocycles. The lowest BCUT2D eigenvalue weighted by atomic mass is 10.0. The van der Waals surface area contributed by atoms with E-state index in [4.69, 9.17) is 4.74 Å². The summed E-state index contributed by atoms with van der Waals surface area (Å²) < 4.78 is 5.34. The number of aromatic amines is 1. The highest BCUT2D eigenvalue weighted by molar-refractivity contribution is 5.96. The summed E-state index contributed by atoms with van der Waals surface area (Å²) in [6.45, 7) is 0.963. The van der Waals surface area contributed by atoms with Crippen molar-refractivity contribution in [3.05, 3.63) is 102 Å². The Bertz CT molecular complexity index is 1930. The summed E-state index contributed by atoms with van der Waals surface area (Å²) in [5.74, 6) is -1.93. The number of benzene rings is 3. The monoisotopic (exact) mass is 708 g/mol. The highest BCUT2D eigenvalue weighted by Gasteiger charge is 2.42. The van der Waals surface area contributed by atoms with Gasteiger partial charge in [0.05, 0.1) is 25.8 Å². The van der Waals surface area contributed by atoms with Crippen LogP contribution in [0.5, 0.6) is 5.75 Å². The molecule has 272 valence electrons. The van der Waals surface area contributed by atoms with Gasteiger partial charge in [-0.1, -0.05) is 60.7 Å². The van der Waals surface area contributed by atoms with E-state index in [-0.39, 0.29) is 38.3 Å². The van der Waals surface area contributed by atoms with Crippen LogP contribution in [0, 0.1) is 0 Å². The molecule has 1 aromatic heterocycles. The first kappa shape index (κ1) is 36.1. The Morgan fingerprint density at radius 1 is 0.904 bits per heavy atom. The number of aliphatic hydroxyl groups is 1. The van der Waals surface area contributed by atoms with Crippen LogP contribution in [0.4, 0.5) is 0 Å². The average Bonchev–Trinajstić information content (AvgIpc) is 3.75. The minimum Gasteiger partial charge on any atom is -0.497 e. The Morgan fingerprint density at radius 3 is 2.46 bits per heavy atom. The van der Waals surface area contributed by atoms with Crippen LogP contribution < -0.4 is 20.7 Å². The molecule has 2 fully saturated rings. The molecule has 3 aromatic carbocycles. The van der Waals surface area contributed by atoms with Gasteiger partial charge < -0.3 is 40.6 Å². The van der Waals surface area contributed by atoms with Crippen molar-refractivity contribution in [2.75, 3.05) is 26.7 Å². The number of amides is 5. The number of fused-ring (bicyclic) bond motifs is 2. The zero-order valence-corrected chi connectivity index (χ0v) is 29.2. The molecule has 0 aliphatic carbocycles. The van der Waals surface area contributed by atoms with Gasteiger partial charge in [0.2, 0.25) is 29.5 Å². The minimum absolute atomic E-state index is 0.0259. The number of rotatable bonds is 7. The van der Waals surface area contributed by atoms with Crippen molar-refractivity contribution in [2.45, 2.75) is 62.9 Å². The summed E-state index contributed by atoms with van der Waals surface area (Å²) in [6.07, 6.45) is 1.30. The van der Waals surface area contributed by atoms with E-state index in [1.165, 1.54) is 16.7 Å². The van der Waals surface area contributed by atoms with Gasteiger partial charge in [0.25, 0.3) is 0 Å². The molecule has 0 bridgehead atoms. The summed E-state index contributed by atoms with van der Waals surface area (Å²) in [6, 6.07) is 20.1. The fraction of sp³-hybridized carbons (Fsp3) is 0.359.